The van der Waals surface area contributed by atoms with Crippen molar-refractivity contribution < 1.29 is 4.74 Å². The summed E-state index contributed by atoms with van der Waals surface area (Å²) in [5.41, 5.74) is 8.03. The highest BCUT2D eigenvalue weighted by molar-refractivity contribution is 5.40. The molecule has 4 heteroatoms. The van der Waals surface area contributed by atoms with E-state index in [2.05, 4.69) is 11.2 Å². The zero-order valence-electron chi connectivity index (χ0n) is 9.76. The Kier molecular flexibility index (Phi) is 2.28. The van der Waals surface area contributed by atoms with Crippen molar-refractivity contribution >= 4 is 5.82 Å². The number of para-hydroxylation sites is 1. The summed E-state index contributed by atoms with van der Waals surface area (Å²) in [5.74, 6) is 1.97. The second kappa shape index (κ2) is 3.80. The van der Waals surface area contributed by atoms with E-state index >= 15 is 0 Å². The molecule has 88 valence electrons. The quantitative estimate of drug-likeness (QED) is 0.856. The van der Waals surface area contributed by atoms with Crippen LogP contribution in [0.15, 0.2) is 30.5 Å². The summed E-state index contributed by atoms with van der Waals surface area (Å²) < 4.78 is 7.55. The Balaban J connectivity index is 1.84. The number of benzene rings is 1. The summed E-state index contributed by atoms with van der Waals surface area (Å²) >= 11 is 0. The van der Waals surface area contributed by atoms with Crippen LogP contribution in [-0.2, 0) is 6.54 Å². The molecule has 0 spiro atoms. The van der Waals surface area contributed by atoms with E-state index in [1.54, 1.807) is 0 Å². The maximum atomic E-state index is 5.75. The molecule has 4 nitrogen and oxygen atoms in total. The van der Waals surface area contributed by atoms with Crippen LogP contribution >= 0.6 is 0 Å². The molecule has 1 aromatic carbocycles. The molecule has 0 amide bonds. The summed E-state index contributed by atoms with van der Waals surface area (Å²) in [5, 5.41) is 4.29. The van der Waals surface area contributed by atoms with Gasteiger partial charge >= 0.3 is 0 Å². The monoisotopic (exact) mass is 229 g/mol. The van der Waals surface area contributed by atoms with Gasteiger partial charge in [-0.15, -0.1) is 0 Å². The van der Waals surface area contributed by atoms with Crippen LogP contribution in [0.2, 0.25) is 0 Å². The number of nitrogens with zero attached hydrogens (tertiary/aromatic N) is 2. The van der Waals surface area contributed by atoms with E-state index in [1.165, 1.54) is 5.56 Å². The fourth-order valence-corrected chi connectivity index (χ4v) is 2.24. The molecule has 0 fully saturated rings. The number of ether oxygens (including phenoxy) is 1. The van der Waals surface area contributed by atoms with Gasteiger partial charge in [0.05, 0.1) is 13.2 Å². The van der Waals surface area contributed by atoms with Gasteiger partial charge in [-0.2, -0.15) is 5.10 Å². The van der Waals surface area contributed by atoms with E-state index < -0.39 is 0 Å². The maximum absolute atomic E-state index is 5.75. The molecule has 1 aliphatic heterocycles. The normalized spacial score (nSPS) is 17.8. The molecular formula is C13H15N3O. The number of hydrogen-bond acceptors (Lipinski definition) is 3. The van der Waals surface area contributed by atoms with Crippen LogP contribution in [0.3, 0.4) is 0 Å². The van der Waals surface area contributed by atoms with Crippen molar-refractivity contribution in [3.8, 4) is 5.75 Å². The molecule has 0 bridgehead atoms. The average molecular weight is 229 g/mol. The predicted molar refractivity (Wildman–Crippen MR) is 66.1 cm³/mol. The maximum Gasteiger partial charge on any atom is 0.148 e. The lowest BCUT2D eigenvalue weighted by atomic mass is 10.0. The van der Waals surface area contributed by atoms with Crippen LogP contribution < -0.4 is 10.5 Å². The third kappa shape index (κ3) is 1.75. The number of aryl methyl sites for hydroxylation is 1. The third-order valence-corrected chi connectivity index (χ3v) is 3.19. The van der Waals surface area contributed by atoms with E-state index in [4.69, 9.17) is 10.5 Å². The molecule has 1 atom stereocenters. The lowest BCUT2D eigenvalue weighted by Crippen LogP contribution is -2.11. The highest BCUT2D eigenvalue weighted by Gasteiger charge is 2.24. The third-order valence-electron chi connectivity index (χ3n) is 3.19. The predicted octanol–water partition coefficient (Wildman–Crippen LogP) is 1.95. The van der Waals surface area contributed by atoms with E-state index in [-0.39, 0.29) is 0 Å². The van der Waals surface area contributed by atoms with Crippen molar-refractivity contribution in [1.29, 1.82) is 0 Å². The van der Waals surface area contributed by atoms with Crippen molar-refractivity contribution in [2.75, 3.05) is 12.3 Å². The van der Waals surface area contributed by atoms with Gasteiger partial charge in [-0.25, -0.2) is 0 Å². The smallest absolute Gasteiger partial charge is 0.148 e. The molecule has 0 radical (unpaired) electrons. The topological polar surface area (TPSA) is 53.1 Å². The minimum Gasteiger partial charge on any atom is -0.493 e. The number of anilines is 1. The number of aromatic nitrogens is 2. The van der Waals surface area contributed by atoms with Crippen molar-refractivity contribution in [1.82, 2.24) is 9.78 Å². The number of hydrogen-bond donors (Lipinski definition) is 1. The Bertz CT molecular complexity index is 528. The van der Waals surface area contributed by atoms with Gasteiger partial charge in [0.15, 0.2) is 0 Å². The van der Waals surface area contributed by atoms with Gasteiger partial charge in [-0.1, -0.05) is 18.2 Å². The fourth-order valence-electron chi connectivity index (χ4n) is 2.24. The summed E-state index contributed by atoms with van der Waals surface area (Å²) in [4.78, 5) is 0. The number of nitrogens with two attached hydrogens (primary N) is 1. The Labute approximate surface area is 100 Å². The minimum absolute atomic E-state index is 0.366. The van der Waals surface area contributed by atoms with Crippen LogP contribution in [0.5, 0.6) is 5.75 Å². The van der Waals surface area contributed by atoms with Gasteiger partial charge in [0.25, 0.3) is 0 Å². The van der Waals surface area contributed by atoms with Crippen LogP contribution in [0.25, 0.3) is 0 Å². The first-order valence-corrected chi connectivity index (χ1v) is 5.75. The molecule has 1 aliphatic rings. The summed E-state index contributed by atoms with van der Waals surface area (Å²) in [6.07, 6.45) is 1.98. The SMILES string of the molecule is Cc1cn(CC2COc3ccccc32)nc1N. The second-order valence-electron chi connectivity index (χ2n) is 4.47. The van der Waals surface area contributed by atoms with E-state index in [0.29, 0.717) is 11.7 Å². The second-order valence-corrected chi connectivity index (χ2v) is 4.47. The van der Waals surface area contributed by atoms with Gasteiger partial charge in [0.1, 0.15) is 11.6 Å². The van der Waals surface area contributed by atoms with Crippen molar-refractivity contribution in [2.45, 2.75) is 19.4 Å². The lowest BCUT2D eigenvalue weighted by Gasteiger charge is -2.08. The largest absolute Gasteiger partial charge is 0.493 e. The molecular weight excluding hydrogens is 214 g/mol. The zero-order valence-corrected chi connectivity index (χ0v) is 9.76. The first-order chi connectivity index (χ1) is 8.24. The van der Waals surface area contributed by atoms with Crippen molar-refractivity contribution in [3.63, 3.8) is 0 Å². The number of nitrogen functional groups attached to an aromatic ring is 1. The van der Waals surface area contributed by atoms with E-state index in [0.717, 1.165) is 24.5 Å². The Morgan fingerprint density at radius 2 is 2.29 bits per heavy atom. The standard InChI is InChI=1S/C13H15N3O/c1-9-6-16(15-13(9)14)7-10-8-17-12-5-3-2-4-11(10)12/h2-6,10H,7-8H2,1H3,(H2,14,15). The van der Waals surface area contributed by atoms with Gasteiger partial charge in [0, 0.05) is 23.2 Å². The number of rotatable bonds is 2. The van der Waals surface area contributed by atoms with Gasteiger partial charge in [-0.3, -0.25) is 4.68 Å². The first kappa shape index (κ1) is 10.2. The average Bonchev–Trinajstić information content (AvgIpc) is 2.85. The molecule has 17 heavy (non-hydrogen) atoms. The minimum atomic E-state index is 0.366. The number of fused-ring (bicyclic) bond motifs is 1. The van der Waals surface area contributed by atoms with Crippen LogP contribution in [0.4, 0.5) is 5.82 Å². The van der Waals surface area contributed by atoms with E-state index in [1.807, 2.05) is 36.0 Å². The summed E-state index contributed by atoms with van der Waals surface area (Å²) in [6, 6.07) is 8.17. The first-order valence-electron chi connectivity index (χ1n) is 5.75. The van der Waals surface area contributed by atoms with Crippen LogP contribution in [-0.4, -0.2) is 16.4 Å². The molecule has 2 aromatic rings. The van der Waals surface area contributed by atoms with Gasteiger partial charge in [0.2, 0.25) is 0 Å². The summed E-state index contributed by atoms with van der Waals surface area (Å²) in [7, 11) is 0. The van der Waals surface area contributed by atoms with Gasteiger partial charge in [-0.05, 0) is 13.0 Å². The lowest BCUT2D eigenvalue weighted by molar-refractivity contribution is 0.315. The van der Waals surface area contributed by atoms with Crippen LogP contribution in [0, 0.1) is 6.92 Å². The molecule has 2 N–H and O–H groups in total. The van der Waals surface area contributed by atoms with Crippen molar-refractivity contribution in [3.05, 3.63) is 41.6 Å². The zero-order chi connectivity index (χ0) is 11.8. The Morgan fingerprint density at radius 3 is 3.06 bits per heavy atom. The highest BCUT2D eigenvalue weighted by atomic mass is 16.5. The van der Waals surface area contributed by atoms with Crippen molar-refractivity contribution in [2.24, 2.45) is 0 Å². The highest BCUT2D eigenvalue weighted by Crippen LogP contribution is 2.34. The van der Waals surface area contributed by atoms with Gasteiger partial charge < -0.3 is 10.5 Å². The molecule has 1 aromatic heterocycles. The molecule has 1 unspecified atom stereocenters. The van der Waals surface area contributed by atoms with E-state index in [9.17, 15) is 0 Å². The Hall–Kier alpha value is -1.97. The molecule has 0 saturated heterocycles. The molecule has 0 saturated carbocycles. The fraction of sp³-hybridized carbons (Fsp3) is 0.308. The molecule has 2 heterocycles. The Morgan fingerprint density at radius 1 is 1.47 bits per heavy atom. The summed E-state index contributed by atoms with van der Waals surface area (Å²) in [6.45, 7) is 3.51. The molecule has 3 rings (SSSR count). The van der Waals surface area contributed by atoms with Crippen LogP contribution in [0.1, 0.15) is 17.0 Å². The molecule has 0 aliphatic carbocycles.